The third-order valence-electron chi connectivity index (χ3n) is 3.99. The number of nitrogens with one attached hydrogen (secondary N) is 1. The molecule has 0 radical (unpaired) electrons. The molecule has 0 aliphatic carbocycles. The fourth-order valence-electron chi connectivity index (χ4n) is 2.56. The third-order valence-corrected chi connectivity index (χ3v) is 3.99. The van der Waals surface area contributed by atoms with Crippen LogP contribution in [0.15, 0.2) is 36.4 Å². The Kier molecular flexibility index (Phi) is 6.65. The van der Waals surface area contributed by atoms with Crippen molar-refractivity contribution in [1.29, 1.82) is 0 Å². The summed E-state index contributed by atoms with van der Waals surface area (Å²) in [5.41, 5.74) is 1.54. The second-order valence-corrected chi connectivity index (χ2v) is 5.99. The van der Waals surface area contributed by atoms with E-state index in [9.17, 15) is 14.7 Å². The van der Waals surface area contributed by atoms with E-state index < -0.39 is 24.5 Å². The van der Waals surface area contributed by atoms with E-state index in [1.54, 1.807) is 45.2 Å². The van der Waals surface area contributed by atoms with Crippen molar-refractivity contribution in [3.8, 4) is 17.2 Å². The first-order chi connectivity index (χ1) is 12.8. The predicted octanol–water partition coefficient (Wildman–Crippen LogP) is 2.75. The lowest BCUT2D eigenvalue weighted by atomic mass is 10.1. The van der Waals surface area contributed by atoms with Gasteiger partial charge in [0.1, 0.15) is 22.8 Å². The number of methoxy groups -OCH3 is 2. The average molecular weight is 373 g/mol. The zero-order chi connectivity index (χ0) is 20.0. The highest BCUT2D eigenvalue weighted by molar-refractivity contribution is 5.94. The second-order valence-electron chi connectivity index (χ2n) is 5.99. The van der Waals surface area contributed by atoms with Gasteiger partial charge in [-0.05, 0) is 44.2 Å². The van der Waals surface area contributed by atoms with Crippen LogP contribution in [0.1, 0.15) is 34.5 Å². The Labute approximate surface area is 157 Å². The number of benzene rings is 2. The van der Waals surface area contributed by atoms with Crippen LogP contribution in [0.2, 0.25) is 0 Å². The molecule has 0 bridgehead atoms. The van der Waals surface area contributed by atoms with Gasteiger partial charge >= 0.3 is 5.97 Å². The minimum Gasteiger partial charge on any atom is -0.507 e. The Morgan fingerprint density at radius 1 is 1.11 bits per heavy atom. The standard InChI is InChI=1S/C20H23NO6/c1-12-5-7-17(22)16(9-12)20(24)27-11-19(23)21-13(2)15-10-14(25-3)6-8-18(15)26-4/h5-10,13,22H,11H2,1-4H3,(H,21,23). The molecule has 2 aromatic rings. The van der Waals surface area contributed by atoms with Gasteiger partial charge in [0.15, 0.2) is 6.61 Å². The van der Waals surface area contributed by atoms with Gasteiger partial charge in [-0.15, -0.1) is 0 Å². The van der Waals surface area contributed by atoms with Crippen LogP contribution in [0.25, 0.3) is 0 Å². The van der Waals surface area contributed by atoms with Gasteiger partial charge in [-0.2, -0.15) is 0 Å². The van der Waals surface area contributed by atoms with E-state index >= 15 is 0 Å². The molecule has 27 heavy (non-hydrogen) atoms. The molecule has 0 aliphatic rings. The van der Waals surface area contributed by atoms with Crippen molar-refractivity contribution in [3.63, 3.8) is 0 Å². The summed E-state index contributed by atoms with van der Waals surface area (Å²) < 4.78 is 15.5. The summed E-state index contributed by atoms with van der Waals surface area (Å²) in [5.74, 6) is -0.204. The third kappa shape index (κ3) is 5.13. The van der Waals surface area contributed by atoms with Crippen LogP contribution in [-0.4, -0.2) is 37.8 Å². The molecule has 0 saturated heterocycles. The molecule has 1 atom stereocenters. The SMILES string of the molecule is COc1ccc(OC)c(C(C)NC(=O)COC(=O)c2cc(C)ccc2O)c1. The summed E-state index contributed by atoms with van der Waals surface area (Å²) in [4.78, 5) is 24.2. The van der Waals surface area contributed by atoms with Gasteiger partial charge < -0.3 is 24.6 Å². The van der Waals surface area contributed by atoms with E-state index in [-0.39, 0.29) is 11.3 Å². The smallest absolute Gasteiger partial charge is 0.342 e. The molecule has 1 amide bonds. The van der Waals surface area contributed by atoms with Crippen molar-refractivity contribution in [2.24, 2.45) is 0 Å². The zero-order valence-corrected chi connectivity index (χ0v) is 15.7. The van der Waals surface area contributed by atoms with Crippen LogP contribution in [0.4, 0.5) is 0 Å². The molecular weight excluding hydrogens is 350 g/mol. The summed E-state index contributed by atoms with van der Waals surface area (Å²) in [6.45, 7) is 3.10. The molecule has 0 aliphatic heterocycles. The zero-order valence-electron chi connectivity index (χ0n) is 15.7. The lowest BCUT2D eigenvalue weighted by Crippen LogP contribution is -2.31. The molecule has 2 rings (SSSR count). The van der Waals surface area contributed by atoms with Crippen LogP contribution in [-0.2, 0) is 9.53 Å². The molecule has 144 valence electrons. The van der Waals surface area contributed by atoms with Gasteiger partial charge in [0.25, 0.3) is 5.91 Å². The van der Waals surface area contributed by atoms with Gasteiger partial charge in [-0.3, -0.25) is 4.79 Å². The van der Waals surface area contributed by atoms with Crippen molar-refractivity contribution in [2.45, 2.75) is 19.9 Å². The summed E-state index contributed by atoms with van der Waals surface area (Å²) in [5, 5.41) is 12.5. The van der Waals surface area contributed by atoms with Gasteiger partial charge in [-0.1, -0.05) is 11.6 Å². The molecule has 0 spiro atoms. The highest BCUT2D eigenvalue weighted by Crippen LogP contribution is 2.29. The molecular formula is C20H23NO6. The van der Waals surface area contributed by atoms with Gasteiger partial charge in [0.05, 0.1) is 20.3 Å². The number of esters is 1. The number of aryl methyl sites for hydroxylation is 1. The molecule has 0 saturated carbocycles. The van der Waals surface area contributed by atoms with E-state index in [2.05, 4.69) is 5.32 Å². The molecule has 7 heteroatoms. The molecule has 1 unspecified atom stereocenters. The van der Waals surface area contributed by atoms with Crippen LogP contribution < -0.4 is 14.8 Å². The Bertz CT molecular complexity index is 833. The minimum absolute atomic E-state index is 0.0188. The highest BCUT2D eigenvalue weighted by Gasteiger charge is 2.18. The number of carbonyl (C=O) groups excluding carboxylic acids is 2. The number of amides is 1. The topological polar surface area (TPSA) is 94.1 Å². The molecule has 0 heterocycles. The number of aromatic hydroxyl groups is 1. The van der Waals surface area contributed by atoms with Crippen molar-refractivity contribution < 1.29 is 28.9 Å². The number of ether oxygens (including phenoxy) is 3. The Morgan fingerprint density at radius 3 is 2.52 bits per heavy atom. The van der Waals surface area contributed by atoms with Crippen LogP contribution >= 0.6 is 0 Å². The maximum absolute atomic E-state index is 12.1. The van der Waals surface area contributed by atoms with Crippen LogP contribution in [0, 0.1) is 6.92 Å². The lowest BCUT2D eigenvalue weighted by Gasteiger charge is -2.18. The van der Waals surface area contributed by atoms with Crippen molar-refractivity contribution in [1.82, 2.24) is 5.32 Å². The number of phenols is 1. The Hall–Kier alpha value is -3.22. The maximum atomic E-state index is 12.1. The largest absolute Gasteiger partial charge is 0.507 e. The van der Waals surface area contributed by atoms with Gasteiger partial charge in [-0.25, -0.2) is 4.79 Å². The first kappa shape index (κ1) is 20.1. The molecule has 0 aromatic heterocycles. The number of hydrogen-bond donors (Lipinski definition) is 2. The van der Waals surface area contributed by atoms with Crippen molar-refractivity contribution in [2.75, 3.05) is 20.8 Å². The number of phenolic OH excluding ortho intramolecular Hbond substituents is 1. The normalized spacial score (nSPS) is 11.4. The first-order valence-electron chi connectivity index (χ1n) is 8.33. The quantitative estimate of drug-likeness (QED) is 0.725. The number of carbonyl (C=O) groups is 2. The molecule has 2 aromatic carbocycles. The van der Waals surface area contributed by atoms with E-state index in [0.717, 1.165) is 11.1 Å². The summed E-state index contributed by atoms with van der Waals surface area (Å²) in [6.07, 6.45) is 0. The summed E-state index contributed by atoms with van der Waals surface area (Å²) >= 11 is 0. The average Bonchev–Trinajstić information content (AvgIpc) is 2.67. The van der Waals surface area contributed by atoms with Crippen molar-refractivity contribution >= 4 is 11.9 Å². The van der Waals surface area contributed by atoms with Crippen LogP contribution in [0.3, 0.4) is 0 Å². The predicted molar refractivity (Wildman–Crippen MR) is 99.2 cm³/mol. The Morgan fingerprint density at radius 2 is 1.85 bits per heavy atom. The molecule has 7 nitrogen and oxygen atoms in total. The summed E-state index contributed by atoms with van der Waals surface area (Å²) in [6, 6.07) is 9.45. The van der Waals surface area contributed by atoms with E-state index in [1.807, 2.05) is 0 Å². The first-order valence-corrected chi connectivity index (χ1v) is 8.33. The fourth-order valence-corrected chi connectivity index (χ4v) is 2.56. The van der Waals surface area contributed by atoms with E-state index in [1.165, 1.54) is 19.2 Å². The molecule has 2 N–H and O–H groups in total. The monoisotopic (exact) mass is 373 g/mol. The van der Waals surface area contributed by atoms with E-state index in [4.69, 9.17) is 14.2 Å². The highest BCUT2D eigenvalue weighted by atomic mass is 16.5. The van der Waals surface area contributed by atoms with Crippen LogP contribution in [0.5, 0.6) is 17.2 Å². The second kappa shape index (κ2) is 8.93. The lowest BCUT2D eigenvalue weighted by molar-refractivity contribution is -0.124. The minimum atomic E-state index is -0.766. The number of rotatable bonds is 7. The molecule has 0 fully saturated rings. The van der Waals surface area contributed by atoms with E-state index in [0.29, 0.717) is 11.5 Å². The maximum Gasteiger partial charge on any atom is 0.342 e. The fraction of sp³-hybridized carbons (Fsp3) is 0.300. The Balaban J connectivity index is 1.99. The number of hydrogen-bond acceptors (Lipinski definition) is 6. The van der Waals surface area contributed by atoms with Crippen molar-refractivity contribution in [3.05, 3.63) is 53.1 Å². The van der Waals surface area contributed by atoms with Gasteiger partial charge in [0.2, 0.25) is 0 Å². The summed E-state index contributed by atoms with van der Waals surface area (Å²) in [7, 11) is 3.09. The van der Waals surface area contributed by atoms with Gasteiger partial charge in [0, 0.05) is 5.56 Å².